The molecule has 2 fully saturated rings. The average Bonchev–Trinajstić information content (AvgIpc) is 2.23. The van der Waals surface area contributed by atoms with Crippen LogP contribution in [0.4, 0.5) is 0 Å². The molecule has 0 aromatic rings. The minimum atomic E-state index is 0. The molecule has 2 rings (SSSR count). The van der Waals surface area contributed by atoms with E-state index in [2.05, 4.69) is 17.3 Å². The van der Waals surface area contributed by atoms with Crippen molar-refractivity contribution in [2.75, 3.05) is 33.2 Å². The van der Waals surface area contributed by atoms with Crippen molar-refractivity contribution in [3.63, 3.8) is 0 Å². The van der Waals surface area contributed by atoms with Gasteiger partial charge in [-0.05, 0) is 77.2 Å². The van der Waals surface area contributed by atoms with Gasteiger partial charge in [0, 0.05) is 0 Å². The zero-order valence-corrected chi connectivity index (χ0v) is 10.7. The second-order valence-electron chi connectivity index (χ2n) is 5.19. The summed E-state index contributed by atoms with van der Waals surface area (Å²) in [7, 11) is 2.25. The van der Waals surface area contributed by atoms with Gasteiger partial charge >= 0.3 is 0 Å². The van der Waals surface area contributed by atoms with Crippen molar-refractivity contribution in [3.05, 3.63) is 0 Å². The third-order valence-corrected chi connectivity index (χ3v) is 3.90. The standard InChI is InChI=1S/C12H24N2.ClH/c1-14-7-4-11(5-8-14)9-12-3-2-6-13-10-12;/h11-13H,2-10H2,1H3;1H. The second-order valence-corrected chi connectivity index (χ2v) is 5.19. The first kappa shape index (κ1) is 13.3. The van der Waals surface area contributed by atoms with E-state index in [0.29, 0.717) is 0 Å². The molecule has 2 aliphatic rings. The summed E-state index contributed by atoms with van der Waals surface area (Å²) in [5.41, 5.74) is 0. The Hall–Kier alpha value is 0.210. The van der Waals surface area contributed by atoms with Crippen LogP contribution < -0.4 is 5.32 Å². The van der Waals surface area contributed by atoms with Crippen LogP contribution in [0.2, 0.25) is 0 Å². The molecule has 0 radical (unpaired) electrons. The number of nitrogens with zero attached hydrogens (tertiary/aromatic N) is 1. The molecule has 3 heteroatoms. The lowest BCUT2D eigenvalue weighted by Crippen LogP contribution is -2.34. The van der Waals surface area contributed by atoms with Crippen molar-refractivity contribution in [1.29, 1.82) is 0 Å². The maximum atomic E-state index is 3.52. The molecular formula is C12H25ClN2. The molecular weight excluding hydrogens is 208 g/mol. The Balaban J connectivity index is 0.00000112. The normalized spacial score (nSPS) is 29.8. The van der Waals surface area contributed by atoms with E-state index < -0.39 is 0 Å². The predicted octanol–water partition coefficient (Wildman–Crippen LogP) is 2.14. The van der Waals surface area contributed by atoms with E-state index in [1.165, 1.54) is 58.3 Å². The quantitative estimate of drug-likeness (QED) is 0.785. The smallest absolute Gasteiger partial charge is 0.00191 e. The van der Waals surface area contributed by atoms with E-state index in [9.17, 15) is 0 Å². The molecule has 90 valence electrons. The Kier molecular flexibility index (Phi) is 5.95. The molecule has 0 amide bonds. The summed E-state index contributed by atoms with van der Waals surface area (Å²) in [6.07, 6.45) is 7.23. The molecule has 0 aromatic heterocycles. The van der Waals surface area contributed by atoms with Crippen molar-refractivity contribution in [3.8, 4) is 0 Å². The summed E-state index contributed by atoms with van der Waals surface area (Å²) in [4.78, 5) is 2.47. The van der Waals surface area contributed by atoms with Gasteiger partial charge in [0.05, 0.1) is 0 Å². The topological polar surface area (TPSA) is 15.3 Å². The van der Waals surface area contributed by atoms with Gasteiger partial charge < -0.3 is 10.2 Å². The largest absolute Gasteiger partial charge is 0.316 e. The maximum Gasteiger partial charge on any atom is -0.00191 e. The molecule has 1 N–H and O–H groups in total. The molecule has 0 aliphatic carbocycles. The first-order valence-electron chi connectivity index (χ1n) is 6.24. The van der Waals surface area contributed by atoms with Crippen LogP contribution in [-0.4, -0.2) is 38.1 Å². The molecule has 0 saturated carbocycles. The van der Waals surface area contributed by atoms with E-state index in [4.69, 9.17) is 0 Å². The number of halogens is 1. The zero-order valence-electron chi connectivity index (χ0n) is 9.87. The van der Waals surface area contributed by atoms with E-state index in [0.717, 1.165) is 11.8 Å². The van der Waals surface area contributed by atoms with Gasteiger partial charge in [-0.3, -0.25) is 0 Å². The predicted molar refractivity (Wildman–Crippen MR) is 67.7 cm³/mol. The Bertz CT molecular complexity index is 161. The number of nitrogens with one attached hydrogen (secondary N) is 1. The first-order valence-corrected chi connectivity index (χ1v) is 6.24. The molecule has 0 bridgehead atoms. The number of likely N-dealkylation sites (tertiary alicyclic amines) is 1. The molecule has 2 saturated heterocycles. The van der Waals surface area contributed by atoms with Crippen molar-refractivity contribution in [1.82, 2.24) is 10.2 Å². The lowest BCUT2D eigenvalue weighted by molar-refractivity contribution is 0.185. The number of piperidine rings is 2. The third-order valence-electron chi connectivity index (χ3n) is 3.90. The first-order chi connectivity index (χ1) is 6.84. The number of hydrogen-bond donors (Lipinski definition) is 1. The van der Waals surface area contributed by atoms with E-state index in [1.54, 1.807) is 0 Å². The fraction of sp³-hybridized carbons (Fsp3) is 1.00. The maximum absolute atomic E-state index is 3.52. The minimum absolute atomic E-state index is 0. The number of rotatable bonds is 2. The Morgan fingerprint density at radius 3 is 2.47 bits per heavy atom. The van der Waals surface area contributed by atoms with Crippen molar-refractivity contribution >= 4 is 12.4 Å². The molecule has 2 nitrogen and oxygen atoms in total. The van der Waals surface area contributed by atoms with Gasteiger partial charge in [0.2, 0.25) is 0 Å². The fourth-order valence-corrected chi connectivity index (χ4v) is 2.89. The zero-order chi connectivity index (χ0) is 9.80. The van der Waals surface area contributed by atoms with Crippen molar-refractivity contribution in [2.45, 2.75) is 32.1 Å². The van der Waals surface area contributed by atoms with Gasteiger partial charge in [0.1, 0.15) is 0 Å². The molecule has 2 heterocycles. The van der Waals surface area contributed by atoms with Crippen LogP contribution in [0.3, 0.4) is 0 Å². The SMILES string of the molecule is CN1CCC(CC2CCCNC2)CC1.Cl. The molecule has 0 aromatic carbocycles. The van der Waals surface area contributed by atoms with Gasteiger partial charge in [-0.1, -0.05) is 0 Å². The Labute approximate surface area is 100 Å². The Morgan fingerprint density at radius 1 is 1.13 bits per heavy atom. The van der Waals surface area contributed by atoms with Gasteiger partial charge in [0.25, 0.3) is 0 Å². The lowest BCUT2D eigenvalue weighted by atomic mass is 9.84. The molecule has 0 spiro atoms. The van der Waals surface area contributed by atoms with E-state index in [-0.39, 0.29) is 12.4 Å². The highest BCUT2D eigenvalue weighted by atomic mass is 35.5. The van der Waals surface area contributed by atoms with Crippen LogP contribution in [0.1, 0.15) is 32.1 Å². The lowest BCUT2D eigenvalue weighted by Gasteiger charge is -2.32. The minimum Gasteiger partial charge on any atom is -0.316 e. The van der Waals surface area contributed by atoms with Crippen LogP contribution in [-0.2, 0) is 0 Å². The fourth-order valence-electron chi connectivity index (χ4n) is 2.89. The van der Waals surface area contributed by atoms with E-state index in [1.807, 2.05) is 0 Å². The van der Waals surface area contributed by atoms with Crippen LogP contribution in [0.15, 0.2) is 0 Å². The summed E-state index contributed by atoms with van der Waals surface area (Å²) >= 11 is 0. The number of hydrogen-bond acceptors (Lipinski definition) is 2. The van der Waals surface area contributed by atoms with E-state index >= 15 is 0 Å². The van der Waals surface area contributed by atoms with Gasteiger partial charge in [-0.2, -0.15) is 0 Å². The summed E-state index contributed by atoms with van der Waals surface area (Å²) < 4.78 is 0. The summed E-state index contributed by atoms with van der Waals surface area (Å²) in [6, 6.07) is 0. The monoisotopic (exact) mass is 232 g/mol. The summed E-state index contributed by atoms with van der Waals surface area (Å²) in [5.74, 6) is 2.01. The average molecular weight is 233 g/mol. The highest BCUT2D eigenvalue weighted by Crippen LogP contribution is 2.26. The van der Waals surface area contributed by atoms with Crippen molar-refractivity contribution < 1.29 is 0 Å². The van der Waals surface area contributed by atoms with Gasteiger partial charge in [-0.15, -0.1) is 12.4 Å². The molecule has 1 atom stereocenters. The van der Waals surface area contributed by atoms with Crippen LogP contribution >= 0.6 is 12.4 Å². The summed E-state index contributed by atoms with van der Waals surface area (Å²) in [5, 5.41) is 3.52. The van der Waals surface area contributed by atoms with Crippen molar-refractivity contribution in [2.24, 2.45) is 11.8 Å². The molecule has 2 aliphatic heterocycles. The van der Waals surface area contributed by atoms with Crippen LogP contribution in [0.5, 0.6) is 0 Å². The van der Waals surface area contributed by atoms with Gasteiger partial charge in [-0.25, -0.2) is 0 Å². The highest BCUT2D eigenvalue weighted by Gasteiger charge is 2.21. The van der Waals surface area contributed by atoms with Crippen LogP contribution in [0.25, 0.3) is 0 Å². The molecule has 1 unspecified atom stereocenters. The highest BCUT2D eigenvalue weighted by molar-refractivity contribution is 5.85. The summed E-state index contributed by atoms with van der Waals surface area (Å²) in [6.45, 7) is 5.19. The second kappa shape index (κ2) is 6.72. The Morgan fingerprint density at radius 2 is 1.87 bits per heavy atom. The molecule has 15 heavy (non-hydrogen) atoms. The van der Waals surface area contributed by atoms with Crippen LogP contribution in [0, 0.1) is 11.8 Å². The third kappa shape index (κ3) is 4.29. The van der Waals surface area contributed by atoms with Gasteiger partial charge in [0.15, 0.2) is 0 Å².